The van der Waals surface area contributed by atoms with E-state index < -0.39 is 0 Å². The molecule has 0 aliphatic carbocycles. The Hall–Kier alpha value is -0.580. The number of rotatable bonds is 1. The molecule has 0 amide bonds. The van der Waals surface area contributed by atoms with Gasteiger partial charge in [-0.25, -0.2) is 0 Å². The lowest BCUT2D eigenvalue weighted by atomic mass is 10.2. The van der Waals surface area contributed by atoms with Crippen molar-refractivity contribution in [2.45, 2.75) is 27.2 Å². The van der Waals surface area contributed by atoms with Crippen LogP contribution < -0.4 is 28.5 Å². The minimum atomic E-state index is 0. The van der Waals surface area contributed by atoms with E-state index in [1.54, 1.807) is 0 Å². The lowest BCUT2D eigenvalue weighted by molar-refractivity contribution is -0.684. The van der Waals surface area contributed by atoms with Crippen molar-refractivity contribution in [1.29, 1.82) is 0 Å². The molecule has 2 rings (SSSR count). The Bertz CT molecular complexity index is 486. The first-order chi connectivity index (χ1) is 6.65. The average Bonchev–Trinajstić information content (AvgIpc) is 2.51. The molecule has 2 nitrogen and oxygen atoms in total. The Labute approximate surface area is 108 Å². The van der Waals surface area contributed by atoms with E-state index in [4.69, 9.17) is 0 Å². The fourth-order valence-electron chi connectivity index (χ4n) is 2.03. The Morgan fingerprint density at radius 1 is 1.27 bits per heavy atom. The number of halogens is 1. The highest BCUT2D eigenvalue weighted by molar-refractivity contribution is 5.52. The first kappa shape index (κ1) is 12.5. The molecule has 0 unspecified atom stereocenters. The summed E-state index contributed by atoms with van der Waals surface area (Å²) in [6.45, 7) is 6.50. The van der Waals surface area contributed by atoms with Gasteiger partial charge in [-0.15, -0.1) is 0 Å². The smallest absolute Gasteiger partial charge is 0.205 e. The largest absolute Gasteiger partial charge is 1.00 e. The summed E-state index contributed by atoms with van der Waals surface area (Å²) in [5, 5.41) is 0. The van der Waals surface area contributed by atoms with Gasteiger partial charge >= 0.3 is 0 Å². The lowest BCUT2D eigenvalue weighted by Gasteiger charge is -2.04. The van der Waals surface area contributed by atoms with Gasteiger partial charge in [0.2, 0.25) is 5.69 Å². The van der Waals surface area contributed by atoms with Gasteiger partial charge in [-0.3, -0.25) is 0 Å². The molecule has 0 radical (unpaired) electrons. The van der Waals surface area contributed by atoms with Gasteiger partial charge in [-0.1, -0.05) is 6.92 Å². The molecule has 15 heavy (non-hydrogen) atoms. The minimum absolute atomic E-state index is 0. The van der Waals surface area contributed by atoms with Crippen LogP contribution in [0.1, 0.15) is 24.0 Å². The number of aryl methyl sites for hydroxylation is 3. The highest BCUT2D eigenvalue weighted by Gasteiger charge is 2.14. The fraction of sp³-hybridized carbons (Fsp3) is 0.417. The molecule has 0 aliphatic rings. The van der Waals surface area contributed by atoms with E-state index >= 15 is 0 Å². The van der Waals surface area contributed by atoms with Crippen LogP contribution in [0.2, 0.25) is 0 Å². The maximum Gasteiger partial charge on any atom is 0.205 e. The zero-order valence-corrected chi connectivity index (χ0v) is 11.9. The summed E-state index contributed by atoms with van der Waals surface area (Å²) in [5.41, 5.74) is 5.34. The molecule has 0 saturated heterocycles. The van der Waals surface area contributed by atoms with E-state index in [1.165, 1.54) is 22.6 Å². The summed E-state index contributed by atoms with van der Waals surface area (Å²) in [6.07, 6.45) is 3.27. The van der Waals surface area contributed by atoms with Crippen LogP contribution >= 0.6 is 0 Å². The molecule has 0 N–H and O–H groups in total. The van der Waals surface area contributed by atoms with Crippen LogP contribution in [0.5, 0.6) is 0 Å². The third kappa shape index (κ3) is 1.89. The first-order valence-electron chi connectivity index (χ1n) is 5.11. The fourth-order valence-corrected chi connectivity index (χ4v) is 2.03. The second-order valence-electron chi connectivity index (χ2n) is 3.86. The summed E-state index contributed by atoms with van der Waals surface area (Å²) >= 11 is 0. The zero-order valence-electron chi connectivity index (χ0n) is 9.71. The molecule has 82 valence electrons. The van der Waals surface area contributed by atoms with E-state index in [1.807, 2.05) is 0 Å². The molecule has 0 spiro atoms. The molecule has 0 bridgehead atoms. The number of hydrogen-bond acceptors (Lipinski definition) is 0. The second-order valence-corrected chi connectivity index (χ2v) is 3.86. The Morgan fingerprint density at radius 2 is 1.93 bits per heavy atom. The van der Waals surface area contributed by atoms with E-state index in [9.17, 15) is 0 Å². The molecule has 0 saturated carbocycles. The van der Waals surface area contributed by atoms with Gasteiger partial charge < -0.3 is 28.4 Å². The predicted octanol–water partition coefficient (Wildman–Crippen LogP) is -1.05. The standard InChI is InChI=1S/C12H17N2.HI/c1-5-11-12-7-6-9(2)14(12)8-10(3)13(11)4;/h6-8H,5H2,1-4H3;1H/q+1;/p-1. The molecule has 0 aliphatic heterocycles. The molecule has 3 heteroatoms. The maximum absolute atomic E-state index is 2.27. The van der Waals surface area contributed by atoms with Gasteiger partial charge in [0.25, 0.3) is 0 Å². The second kappa shape index (κ2) is 4.51. The quantitative estimate of drug-likeness (QED) is 0.469. The Kier molecular flexibility index (Phi) is 3.76. The van der Waals surface area contributed by atoms with Crippen molar-refractivity contribution in [3.8, 4) is 0 Å². The molecule has 0 aromatic carbocycles. The summed E-state index contributed by atoms with van der Waals surface area (Å²) in [4.78, 5) is 0. The van der Waals surface area contributed by atoms with E-state index in [-0.39, 0.29) is 24.0 Å². The van der Waals surface area contributed by atoms with Crippen molar-refractivity contribution >= 4 is 5.52 Å². The number of fused-ring (bicyclic) bond motifs is 1. The van der Waals surface area contributed by atoms with Crippen LogP contribution in [0.15, 0.2) is 18.3 Å². The highest BCUT2D eigenvalue weighted by Crippen LogP contribution is 2.13. The van der Waals surface area contributed by atoms with Crippen molar-refractivity contribution in [2.75, 3.05) is 0 Å². The monoisotopic (exact) mass is 316 g/mol. The SMILES string of the molecule is CCc1c2ccc(C)n2cc(C)[n+]1C.[I-]. The normalized spacial score (nSPS) is 10.4. The van der Waals surface area contributed by atoms with Crippen LogP contribution in [0.3, 0.4) is 0 Å². The van der Waals surface area contributed by atoms with Crippen LogP contribution in [-0.2, 0) is 13.5 Å². The van der Waals surface area contributed by atoms with Crippen LogP contribution in [-0.4, -0.2) is 4.40 Å². The topological polar surface area (TPSA) is 8.29 Å². The highest BCUT2D eigenvalue weighted by atomic mass is 127. The van der Waals surface area contributed by atoms with Gasteiger partial charge in [-0.2, -0.15) is 4.57 Å². The minimum Gasteiger partial charge on any atom is -1.00 e. The molecular weight excluding hydrogens is 299 g/mol. The lowest BCUT2D eigenvalue weighted by Crippen LogP contribution is -3.00. The van der Waals surface area contributed by atoms with Crippen LogP contribution in [0.25, 0.3) is 5.52 Å². The van der Waals surface area contributed by atoms with Crippen molar-refractivity contribution in [1.82, 2.24) is 4.40 Å². The molecule has 0 fully saturated rings. The van der Waals surface area contributed by atoms with Gasteiger partial charge in [0.05, 0.1) is 6.20 Å². The Morgan fingerprint density at radius 3 is 2.53 bits per heavy atom. The summed E-state index contributed by atoms with van der Waals surface area (Å²) < 4.78 is 4.54. The summed E-state index contributed by atoms with van der Waals surface area (Å²) in [7, 11) is 2.14. The van der Waals surface area contributed by atoms with Crippen molar-refractivity contribution in [3.63, 3.8) is 0 Å². The van der Waals surface area contributed by atoms with Gasteiger partial charge in [0.1, 0.15) is 12.6 Å². The number of nitrogens with zero attached hydrogens (tertiary/aromatic N) is 2. The molecule has 2 heterocycles. The van der Waals surface area contributed by atoms with Crippen molar-refractivity contribution < 1.29 is 28.5 Å². The average molecular weight is 316 g/mol. The maximum atomic E-state index is 2.27. The third-order valence-electron chi connectivity index (χ3n) is 3.00. The van der Waals surface area contributed by atoms with Gasteiger partial charge in [-0.05, 0) is 19.1 Å². The van der Waals surface area contributed by atoms with Crippen molar-refractivity contribution in [2.24, 2.45) is 7.05 Å². The Balaban J connectivity index is 0.00000112. The van der Waals surface area contributed by atoms with Gasteiger partial charge in [0.15, 0.2) is 5.69 Å². The zero-order chi connectivity index (χ0) is 10.3. The van der Waals surface area contributed by atoms with Crippen molar-refractivity contribution in [3.05, 3.63) is 35.4 Å². The van der Waals surface area contributed by atoms with Crippen LogP contribution in [0, 0.1) is 13.8 Å². The number of aromatic nitrogens is 2. The summed E-state index contributed by atoms with van der Waals surface area (Å²) in [6, 6.07) is 4.38. The third-order valence-corrected chi connectivity index (χ3v) is 3.00. The van der Waals surface area contributed by atoms with E-state index in [0.29, 0.717) is 0 Å². The molecular formula is C12H17IN2. The summed E-state index contributed by atoms with van der Waals surface area (Å²) in [5.74, 6) is 0. The molecule has 0 atom stereocenters. The van der Waals surface area contributed by atoms with E-state index in [2.05, 4.69) is 55.1 Å². The molecule has 2 aromatic rings. The van der Waals surface area contributed by atoms with E-state index in [0.717, 1.165) is 6.42 Å². The van der Waals surface area contributed by atoms with Gasteiger partial charge in [0, 0.05) is 19.0 Å². The predicted molar refractivity (Wildman–Crippen MR) is 57.4 cm³/mol. The number of hydrogen-bond donors (Lipinski definition) is 0. The van der Waals surface area contributed by atoms with Crippen LogP contribution in [0.4, 0.5) is 0 Å². The first-order valence-corrected chi connectivity index (χ1v) is 5.11. The molecule has 2 aromatic heterocycles.